The van der Waals surface area contributed by atoms with Crippen LogP contribution in [-0.2, 0) is 10.0 Å². The van der Waals surface area contributed by atoms with Crippen molar-refractivity contribution in [3.8, 4) is 0 Å². The SMILES string of the molecule is CC(C)C(C)(C)CNS(=O)(=O)c1cc(Cl)ccc1N. The lowest BCUT2D eigenvalue weighted by atomic mass is 9.81. The Bertz CT molecular complexity index is 554. The molecule has 0 unspecified atom stereocenters. The maximum Gasteiger partial charge on any atom is 0.242 e. The lowest BCUT2D eigenvalue weighted by molar-refractivity contribution is 0.252. The van der Waals surface area contributed by atoms with Gasteiger partial charge in [-0.1, -0.05) is 39.3 Å². The molecule has 4 nitrogen and oxygen atoms in total. The van der Waals surface area contributed by atoms with Gasteiger partial charge in [-0.3, -0.25) is 0 Å². The summed E-state index contributed by atoms with van der Waals surface area (Å²) in [5.74, 6) is 0.354. The largest absolute Gasteiger partial charge is 0.398 e. The summed E-state index contributed by atoms with van der Waals surface area (Å²) >= 11 is 5.82. The van der Waals surface area contributed by atoms with Crippen molar-refractivity contribution >= 4 is 27.3 Å². The molecule has 1 rings (SSSR count). The lowest BCUT2D eigenvalue weighted by Crippen LogP contribution is -2.37. The molecule has 0 aliphatic carbocycles. The topological polar surface area (TPSA) is 72.2 Å². The van der Waals surface area contributed by atoms with Crippen LogP contribution in [0.2, 0.25) is 5.02 Å². The van der Waals surface area contributed by atoms with Gasteiger partial charge in [0.15, 0.2) is 0 Å². The van der Waals surface area contributed by atoms with Crippen LogP contribution in [0.15, 0.2) is 23.1 Å². The van der Waals surface area contributed by atoms with Gasteiger partial charge in [-0.05, 0) is 29.5 Å². The fraction of sp³-hybridized carbons (Fsp3) is 0.538. The number of rotatable bonds is 5. The highest BCUT2D eigenvalue weighted by molar-refractivity contribution is 7.89. The molecule has 6 heteroatoms. The van der Waals surface area contributed by atoms with Crippen LogP contribution < -0.4 is 10.5 Å². The molecule has 0 aromatic heterocycles. The number of sulfonamides is 1. The highest BCUT2D eigenvalue weighted by Crippen LogP contribution is 2.27. The Labute approximate surface area is 120 Å². The van der Waals surface area contributed by atoms with Crippen LogP contribution in [0.4, 0.5) is 5.69 Å². The maximum absolute atomic E-state index is 12.2. The number of benzene rings is 1. The Hall–Kier alpha value is -0.780. The van der Waals surface area contributed by atoms with Crippen molar-refractivity contribution in [2.45, 2.75) is 32.6 Å². The normalized spacial score (nSPS) is 12.9. The van der Waals surface area contributed by atoms with Gasteiger partial charge in [-0.25, -0.2) is 13.1 Å². The minimum Gasteiger partial charge on any atom is -0.398 e. The van der Waals surface area contributed by atoms with E-state index in [1.165, 1.54) is 12.1 Å². The molecule has 1 aromatic rings. The zero-order valence-electron chi connectivity index (χ0n) is 11.7. The number of nitrogens with one attached hydrogen (secondary N) is 1. The van der Waals surface area contributed by atoms with Gasteiger partial charge in [-0.15, -0.1) is 0 Å². The molecule has 0 spiro atoms. The van der Waals surface area contributed by atoms with Crippen molar-refractivity contribution in [3.63, 3.8) is 0 Å². The second kappa shape index (κ2) is 5.69. The summed E-state index contributed by atoms with van der Waals surface area (Å²) in [6, 6.07) is 4.42. The third-order valence-electron chi connectivity index (χ3n) is 3.55. The van der Waals surface area contributed by atoms with E-state index in [0.29, 0.717) is 17.5 Å². The summed E-state index contributed by atoms with van der Waals surface area (Å²) in [6.45, 7) is 8.49. The van der Waals surface area contributed by atoms with E-state index in [4.69, 9.17) is 17.3 Å². The molecule has 0 saturated carbocycles. The number of nitrogen functional groups attached to an aromatic ring is 1. The van der Waals surface area contributed by atoms with Crippen LogP contribution in [0, 0.1) is 11.3 Å². The van der Waals surface area contributed by atoms with Crippen molar-refractivity contribution in [3.05, 3.63) is 23.2 Å². The minimum absolute atomic E-state index is 0.0274. The first-order valence-corrected chi connectivity index (χ1v) is 7.97. The zero-order valence-corrected chi connectivity index (χ0v) is 13.3. The van der Waals surface area contributed by atoms with Crippen LogP contribution in [0.5, 0.6) is 0 Å². The van der Waals surface area contributed by atoms with Crippen LogP contribution in [0.25, 0.3) is 0 Å². The molecule has 19 heavy (non-hydrogen) atoms. The molecule has 0 fully saturated rings. The third-order valence-corrected chi connectivity index (χ3v) is 5.24. The molecule has 0 atom stereocenters. The Morgan fingerprint density at radius 3 is 2.47 bits per heavy atom. The highest BCUT2D eigenvalue weighted by Gasteiger charge is 2.26. The summed E-state index contributed by atoms with van der Waals surface area (Å²) in [5, 5.41) is 0.345. The third kappa shape index (κ3) is 4.09. The lowest BCUT2D eigenvalue weighted by Gasteiger charge is -2.29. The molecule has 108 valence electrons. The molecule has 0 bridgehead atoms. The molecular formula is C13H21ClN2O2S. The fourth-order valence-corrected chi connectivity index (χ4v) is 2.92. The average molecular weight is 305 g/mol. The van der Waals surface area contributed by atoms with Crippen molar-refractivity contribution in [2.24, 2.45) is 11.3 Å². The summed E-state index contributed by atoms with van der Waals surface area (Å²) in [6.07, 6.45) is 0. The van der Waals surface area contributed by atoms with Gasteiger partial charge in [0.1, 0.15) is 4.90 Å². The van der Waals surface area contributed by atoms with E-state index in [-0.39, 0.29) is 16.0 Å². The monoisotopic (exact) mass is 304 g/mol. The number of nitrogens with two attached hydrogens (primary N) is 1. The number of hydrogen-bond acceptors (Lipinski definition) is 3. The first kappa shape index (κ1) is 16.3. The van der Waals surface area contributed by atoms with Crippen LogP contribution in [0.3, 0.4) is 0 Å². The number of anilines is 1. The summed E-state index contributed by atoms with van der Waals surface area (Å²) in [4.78, 5) is 0.0274. The highest BCUT2D eigenvalue weighted by atomic mass is 35.5. The van der Waals surface area contributed by atoms with Gasteiger partial charge < -0.3 is 5.73 Å². The van der Waals surface area contributed by atoms with Gasteiger partial charge in [-0.2, -0.15) is 0 Å². The predicted molar refractivity (Wildman–Crippen MR) is 79.7 cm³/mol. The molecular weight excluding hydrogens is 284 g/mol. The zero-order chi connectivity index (χ0) is 14.8. The first-order valence-electron chi connectivity index (χ1n) is 6.11. The van der Waals surface area contributed by atoms with Gasteiger partial charge in [0, 0.05) is 11.6 Å². The van der Waals surface area contributed by atoms with E-state index >= 15 is 0 Å². The van der Waals surface area contributed by atoms with Crippen molar-refractivity contribution in [1.29, 1.82) is 0 Å². The number of hydrogen-bond donors (Lipinski definition) is 2. The minimum atomic E-state index is -3.64. The van der Waals surface area contributed by atoms with Gasteiger partial charge >= 0.3 is 0 Å². The number of halogens is 1. The van der Waals surface area contributed by atoms with Crippen molar-refractivity contribution in [1.82, 2.24) is 4.72 Å². The van der Waals surface area contributed by atoms with Gasteiger partial charge in [0.2, 0.25) is 10.0 Å². The Kier molecular flexibility index (Phi) is 4.87. The molecule has 0 aliphatic heterocycles. The van der Waals surface area contributed by atoms with E-state index in [0.717, 1.165) is 0 Å². The molecule has 0 heterocycles. The van der Waals surface area contributed by atoms with E-state index in [2.05, 4.69) is 18.6 Å². The average Bonchev–Trinajstić information content (AvgIpc) is 2.30. The molecule has 0 aliphatic rings. The summed E-state index contributed by atoms with van der Waals surface area (Å²) in [5.41, 5.74) is 5.75. The predicted octanol–water partition coefficient (Wildman–Crippen LogP) is 2.88. The van der Waals surface area contributed by atoms with Crippen molar-refractivity contribution in [2.75, 3.05) is 12.3 Å². The second-order valence-electron chi connectivity index (χ2n) is 5.65. The van der Waals surface area contributed by atoms with E-state index < -0.39 is 10.0 Å². The summed E-state index contributed by atoms with van der Waals surface area (Å²) < 4.78 is 27.0. The van der Waals surface area contributed by atoms with Gasteiger partial charge in [0.25, 0.3) is 0 Å². The molecule has 3 N–H and O–H groups in total. The Morgan fingerprint density at radius 1 is 1.37 bits per heavy atom. The van der Waals surface area contributed by atoms with Crippen molar-refractivity contribution < 1.29 is 8.42 Å². The Morgan fingerprint density at radius 2 is 1.95 bits per heavy atom. The van der Waals surface area contributed by atoms with E-state index in [9.17, 15) is 8.42 Å². The standard InChI is InChI=1S/C13H21ClN2O2S/c1-9(2)13(3,4)8-16-19(17,18)12-7-10(14)5-6-11(12)15/h5-7,9,16H,8,15H2,1-4H3. The van der Waals surface area contributed by atoms with E-state index in [1.807, 2.05) is 13.8 Å². The Balaban J connectivity index is 2.97. The van der Waals surface area contributed by atoms with Gasteiger partial charge in [0.05, 0.1) is 5.69 Å². The van der Waals surface area contributed by atoms with E-state index in [1.54, 1.807) is 6.07 Å². The van der Waals surface area contributed by atoms with Crippen LogP contribution in [0.1, 0.15) is 27.7 Å². The first-order chi connectivity index (χ1) is 8.56. The molecule has 1 aromatic carbocycles. The molecule has 0 radical (unpaired) electrons. The van der Waals surface area contributed by atoms with Crippen LogP contribution in [-0.4, -0.2) is 15.0 Å². The quantitative estimate of drug-likeness (QED) is 0.822. The molecule has 0 saturated heterocycles. The maximum atomic E-state index is 12.2. The smallest absolute Gasteiger partial charge is 0.242 e. The molecule has 0 amide bonds. The summed E-state index contributed by atoms with van der Waals surface area (Å²) in [7, 11) is -3.64. The second-order valence-corrected chi connectivity index (χ2v) is 7.82. The van der Waals surface area contributed by atoms with Crippen LogP contribution >= 0.6 is 11.6 Å². The fourth-order valence-electron chi connectivity index (χ4n) is 1.30.